The van der Waals surface area contributed by atoms with Crippen LogP contribution in [0.25, 0.3) is 0 Å². The molecule has 0 spiro atoms. The van der Waals surface area contributed by atoms with Gasteiger partial charge in [0.05, 0.1) is 5.54 Å². The molecule has 1 fully saturated rings. The normalized spacial score (nSPS) is 16.0. The average molecular weight is 310 g/mol. The first-order valence-corrected chi connectivity index (χ1v) is 6.89. The van der Waals surface area contributed by atoms with E-state index in [9.17, 15) is 0 Å². The molecule has 0 bridgehead atoms. The summed E-state index contributed by atoms with van der Waals surface area (Å²) in [4.78, 5) is 4.33. The number of halogens is 1. The SMILES string of the molecule is Cc1ccc(OCc2nc(C3(N)CCC3)no2)cc1C.Cl. The number of rotatable bonds is 4. The van der Waals surface area contributed by atoms with Gasteiger partial charge in [0.25, 0.3) is 5.89 Å². The molecule has 2 N–H and O–H groups in total. The van der Waals surface area contributed by atoms with E-state index >= 15 is 0 Å². The summed E-state index contributed by atoms with van der Waals surface area (Å²) in [6.07, 6.45) is 2.97. The number of ether oxygens (including phenoxy) is 1. The van der Waals surface area contributed by atoms with Crippen molar-refractivity contribution in [1.29, 1.82) is 0 Å². The van der Waals surface area contributed by atoms with E-state index in [0.717, 1.165) is 25.0 Å². The Morgan fingerprint density at radius 3 is 2.67 bits per heavy atom. The molecule has 1 aliphatic carbocycles. The van der Waals surface area contributed by atoms with Crippen LogP contribution in [0.5, 0.6) is 5.75 Å². The number of aryl methyl sites for hydroxylation is 2. The summed E-state index contributed by atoms with van der Waals surface area (Å²) in [7, 11) is 0. The molecule has 6 heteroatoms. The Morgan fingerprint density at radius 1 is 1.29 bits per heavy atom. The van der Waals surface area contributed by atoms with E-state index in [-0.39, 0.29) is 24.6 Å². The fourth-order valence-corrected chi connectivity index (χ4v) is 2.25. The lowest BCUT2D eigenvalue weighted by molar-refractivity contribution is 0.223. The third-order valence-electron chi connectivity index (χ3n) is 4.00. The van der Waals surface area contributed by atoms with Crippen LogP contribution in [0, 0.1) is 13.8 Å². The molecule has 0 aliphatic heterocycles. The van der Waals surface area contributed by atoms with Gasteiger partial charge in [0.2, 0.25) is 0 Å². The summed E-state index contributed by atoms with van der Waals surface area (Å²) >= 11 is 0. The predicted octanol–water partition coefficient (Wildman–Crippen LogP) is 3.03. The fourth-order valence-electron chi connectivity index (χ4n) is 2.25. The smallest absolute Gasteiger partial charge is 0.264 e. The number of aromatic nitrogens is 2. The number of nitrogens with two attached hydrogens (primary N) is 1. The second-order valence-electron chi connectivity index (χ2n) is 5.56. The fraction of sp³-hybridized carbons (Fsp3) is 0.467. The zero-order valence-corrected chi connectivity index (χ0v) is 13.1. The lowest BCUT2D eigenvalue weighted by Crippen LogP contribution is -2.44. The molecule has 21 heavy (non-hydrogen) atoms. The van der Waals surface area contributed by atoms with Crippen molar-refractivity contribution < 1.29 is 9.26 Å². The van der Waals surface area contributed by atoms with E-state index in [1.807, 2.05) is 18.2 Å². The standard InChI is InChI=1S/C15H19N3O2.ClH/c1-10-4-5-12(8-11(10)2)19-9-13-17-14(18-20-13)15(16)6-3-7-15;/h4-5,8H,3,6-7,9,16H2,1-2H3;1H. The predicted molar refractivity (Wildman–Crippen MR) is 81.5 cm³/mol. The molecule has 0 amide bonds. The third kappa shape index (κ3) is 3.19. The highest BCUT2D eigenvalue weighted by Crippen LogP contribution is 2.36. The summed E-state index contributed by atoms with van der Waals surface area (Å²) in [5.74, 6) is 1.87. The Kier molecular flexibility index (Phi) is 4.54. The number of benzene rings is 1. The Bertz CT molecular complexity index is 623. The van der Waals surface area contributed by atoms with E-state index in [1.165, 1.54) is 11.1 Å². The molecule has 0 atom stereocenters. The van der Waals surface area contributed by atoms with E-state index in [0.29, 0.717) is 11.7 Å². The molecule has 5 nitrogen and oxygen atoms in total. The monoisotopic (exact) mass is 309 g/mol. The van der Waals surface area contributed by atoms with Crippen LogP contribution in [0.4, 0.5) is 0 Å². The molecule has 2 aromatic rings. The van der Waals surface area contributed by atoms with E-state index < -0.39 is 0 Å². The summed E-state index contributed by atoms with van der Waals surface area (Å²) in [5, 5.41) is 3.96. The van der Waals surface area contributed by atoms with Gasteiger partial charge in [-0.25, -0.2) is 0 Å². The maximum atomic E-state index is 6.16. The van der Waals surface area contributed by atoms with Gasteiger partial charge in [0.15, 0.2) is 12.4 Å². The van der Waals surface area contributed by atoms with Gasteiger partial charge in [-0.3, -0.25) is 0 Å². The maximum Gasteiger partial charge on any atom is 0.264 e. The quantitative estimate of drug-likeness (QED) is 0.939. The zero-order chi connectivity index (χ0) is 14.2. The minimum absolute atomic E-state index is 0. The lowest BCUT2D eigenvalue weighted by atomic mass is 9.77. The van der Waals surface area contributed by atoms with Crippen LogP contribution >= 0.6 is 12.4 Å². The Hall–Kier alpha value is -1.59. The highest BCUT2D eigenvalue weighted by molar-refractivity contribution is 5.85. The highest BCUT2D eigenvalue weighted by atomic mass is 35.5. The van der Waals surface area contributed by atoms with Gasteiger partial charge in [-0.15, -0.1) is 12.4 Å². The maximum absolute atomic E-state index is 6.16. The van der Waals surface area contributed by atoms with Gasteiger partial charge < -0.3 is 15.0 Å². The van der Waals surface area contributed by atoms with Crippen molar-refractivity contribution in [3.05, 3.63) is 41.0 Å². The van der Waals surface area contributed by atoms with Crippen LogP contribution in [-0.2, 0) is 12.1 Å². The first kappa shape index (κ1) is 15.8. The molecular weight excluding hydrogens is 290 g/mol. The second-order valence-corrected chi connectivity index (χ2v) is 5.56. The van der Waals surface area contributed by atoms with Gasteiger partial charge in [-0.1, -0.05) is 11.2 Å². The van der Waals surface area contributed by atoms with Crippen LogP contribution in [0.15, 0.2) is 22.7 Å². The highest BCUT2D eigenvalue weighted by Gasteiger charge is 2.38. The van der Waals surface area contributed by atoms with Crippen molar-refractivity contribution in [2.45, 2.75) is 45.3 Å². The van der Waals surface area contributed by atoms with E-state index in [1.54, 1.807) is 0 Å². The summed E-state index contributed by atoms with van der Waals surface area (Å²) in [6, 6.07) is 5.98. The minimum atomic E-state index is -0.387. The van der Waals surface area contributed by atoms with Gasteiger partial charge in [-0.2, -0.15) is 4.98 Å². The van der Waals surface area contributed by atoms with Crippen molar-refractivity contribution in [1.82, 2.24) is 10.1 Å². The molecule has 0 unspecified atom stereocenters. The number of nitrogens with zero attached hydrogens (tertiary/aromatic N) is 2. The first-order chi connectivity index (χ1) is 9.57. The van der Waals surface area contributed by atoms with Crippen LogP contribution < -0.4 is 10.5 Å². The minimum Gasteiger partial charge on any atom is -0.484 e. The molecule has 114 valence electrons. The van der Waals surface area contributed by atoms with Gasteiger partial charge >= 0.3 is 0 Å². The Labute approximate surface area is 130 Å². The van der Waals surface area contributed by atoms with Crippen LogP contribution in [0.3, 0.4) is 0 Å². The first-order valence-electron chi connectivity index (χ1n) is 6.89. The summed E-state index contributed by atoms with van der Waals surface area (Å²) in [5.41, 5.74) is 8.21. The van der Waals surface area contributed by atoms with Crippen molar-refractivity contribution in [2.24, 2.45) is 5.73 Å². The van der Waals surface area contributed by atoms with Crippen LogP contribution in [0.2, 0.25) is 0 Å². The molecule has 1 heterocycles. The molecule has 1 aliphatic rings. The van der Waals surface area contributed by atoms with Gasteiger partial charge in [-0.05, 0) is 56.4 Å². The van der Waals surface area contributed by atoms with Crippen molar-refractivity contribution >= 4 is 12.4 Å². The summed E-state index contributed by atoms with van der Waals surface area (Å²) in [6.45, 7) is 4.40. The van der Waals surface area contributed by atoms with Crippen molar-refractivity contribution in [3.8, 4) is 5.75 Å². The topological polar surface area (TPSA) is 74.2 Å². The van der Waals surface area contributed by atoms with Crippen LogP contribution in [0.1, 0.15) is 42.1 Å². The number of hydrogen-bond acceptors (Lipinski definition) is 5. The largest absolute Gasteiger partial charge is 0.484 e. The van der Waals surface area contributed by atoms with E-state index in [4.69, 9.17) is 15.0 Å². The number of hydrogen-bond donors (Lipinski definition) is 1. The lowest BCUT2D eigenvalue weighted by Gasteiger charge is -2.34. The van der Waals surface area contributed by atoms with Crippen LogP contribution in [-0.4, -0.2) is 10.1 Å². The summed E-state index contributed by atoms with van der Waals surface area (Å²) < 4.78 is 10.9. The molecule has 3 rings (SSSR count). The zero-order valence-electron chi connectivity index (χ0n) is 12.3. The molecule has 0 radical (unpaired) electrons. The third-order valence-corrected chi connectivity index (χ3v) is 4.00. The molecular formula is C15H20ClN3O2. The van der Waals surface area contributed by atoms with Gasteiger partial charge in [0.1, 0.15) is 5.75 Å². The van der Waals surface area contributed by atoms with Gasteiger partial charge in [0, 0.05) is 0 Å². The average Bonchev–Trinajstić information content (AvgIpc) is 2.86. The Balaban J connectivity index is 0.00000161. The second kappa shape index (κ2) is 6.03. The molecule has 1 aromatic heterocycles. The molecule has 1 saturated carbocycles. The molecule has 1 aromatic carbocycles. The molecule has 0 saturated heterocycles. The van der Waals surface area contributed by atoms with Crippen molar-refractivity contribution in [3.63, 3.8) is 0 Å². The Morgan fingerprint density at radius 2 is 2.05 bits per heavy atom. The van der Waals surface area contributed by atoms with E-state index in [2.05, 4.69) is 24.0 Å². The van der Waals surface area contributed by atoms with Crippen molar-refractivity contribution in [2.75, 3.05) is 0 Å².